The SMILES string of the molecule is CN(C1CCCC1)S(=O)(=O)c1ccc(C(=O)Nc2nc(-c3ccc4c(c3)OCO4)cs2)cc1. The van der Waals surface area contributed by atoms with Crippen LogP contribution in [0, 0.1) is 0 Å². The molecule has 3 aromatic rings. The first kappa shape index (κ1) is 21.9. The van der Waals surface area contributed by atoms with E-state index in [4.69, 9.17) is 9.47 Å². The zero-order chi connectivity index (χ0) is 23.0. The summed E-state index contributed by atoms with van der Waals surface area (Å²) in [5.74, 6) is 1.01. The maximum Gasteiger partial charge on any atom is 0.257 e. The summed E-state index contributed by atoms with van der Waals surface area (Å²) in [5, 5.41) is 5.08. The quantitative estimate of drug-likeness (QED) is 0.557. The average Bonchev–Trinajstić information content (AvgIpc) is 3.60. The molecule has 1 aliphatic carbocycles. The van der Waals surface area contributed by atoms with Crippen molar-refractivity contribution in [2.45, 2.75) is 36.6 Å². The van der Waals surface area contributed by atoms with Gasteiger partial charge in [-0.2, -0.15) is 4.31 Å². The standard InChI is InChI=1S/C23H23N3O5S2/c1-26(17-4-2-3-5-17)33(28,29)18-9-6-15(7-10-18)22(27)25-23-24-19(13-32-23)16-8-11-20-21(12-16)31-14-30-20/h6-13,17H,2-5,14H2,1H3,(H,24,25,27). The number of rotatable bonds is 6. The number of sulfonamides is 1. The van der Waals surface area contributed by atoms with Crippen LogP contribution in [-0.4, -0.2) is 43.5 Å². The summed E-state index contributed by atoms with van der Waals surface area (Å²) in [4.78, 5) is 17.3. The van der Waals surface area contributed by atoms with E-state index in [1.165, 1.54) is 39.9 Å². The van der Waals surface area contributed by atoms with Crippen LogP contribution < -0.4 is 14.8 Å². The number of nitrogens with zero attached hydrogens (tertiary/aromatic N) is 2. The van der Waals surface area contributed by atoms with Crippen LogP contribution in [0.5, 0.6) is 11.5 Å². The molecular formula is C23H23N3O5S2. The molecule has 0 bridgehead atoms. The van der Waals surface area contributed by atoms with Gasteiger partial charge in [-0.15, -0.1) is 11.3 Å². The Balaban J connectivity index is 1.27. The van der Waals surface area contributed by atoms with Crippen molar-refractivity contribution in [3.8, 4) is 22.8 Å². The summed E-state index contributed by atoms with van der Waals surface area (Å²) >= 11 is 1.31. The maximum atomic E-state index is 12.9. The van der Waals surface area contributed by atoms with Crippen LogP contribution in [0.15, 0.2) is 52.7 Å². The number of carbonyl (C=O) groups excluding carboxylic acids is 1. The lowest BCUT2D eigenvalue weighted by Gasteiger charge is -2.23. The number of fused-ring (bicyclic) bond motifs is 1. The van der Waals surface area contributed by atoms with Crippen molar-refractivity contribution < 1.29 is 22.7 Å². The second-order valence-corrected chi connectivity index (χ2v) is 10.9. The first-order valence-electron chi connectivity index (χ1n) is 10.7. The number of amides is 1. The molecule has 0 atom stereocenters. The predicted molar refractivity (Wildman–Crippen MR) is 125 cm³/mol. The average molecular weight is 486 g/mol. The van der Waals surface area contributed by atoms with Gasteiger partial charge in [-0.3, -0.25) is 10.1 Å². The van der Waals surface area contributed by atoms with E-state index in [0.717, 1.165) is 31.2 Å². The Morgan fingerprint density at radius 1 is 1.09 bits per heavy atom. The highest BCUT2D eigenvalue weighted by Crippen LogP contribution is 2.36. The highest BCUT2D eigenvalue weighted by molar-refractivity contribution is 7.89. The van der Waals surface area contributed by atoms with Crippen LogP contribution in [0.2, 0.25) is 0 Å². The number of benzene rings is 2. The Hall–Kier alpha value is -2.95. The van der Waals surface area contributed by atoms with Crippen LogP contribution >= 0.6 is 11.3 Å². The molecule has 1 aliphatic heterocycles. The first-order chi connectivity index (χ1) is 15.9. The van der Waals surface area contributed by atoms with Gasteiger partial charge in [-0.05, 0) is 55.3 Å². The van der Waals surface area contributed by atoms with Crippen molar-refractivity contribution in [3.63, 3.8) is 0 Å². The zero-order valence-electron chi connectivity index (χ0n) is 18.0. The Labute approximate surface area is 196 Å². The van der Waals surface area contributed by atoms with Crippen LogP contribution in [0.1, 0.15) is 36.0 Å². The number of carbonyl (C=O) groups is 1. The van der Waals surface area contributed by atoms with Crippen LogP contribution in [0.3, 0.4) is 0 Å². The van der Waals surface area contributed by atoms with Gasteiger partial charge in [-0.25, -0.2) is 13.4 Å². The van der Waals surface area contributed by atoms with E-state index in [1.807, 2.05) is 23.6 Å². The van der Waals surface area contributed by atoms with Gasteiger partial charge in [0.15, 0.2) is 16.6 Å². The molecule has 0 spiro atoms. The van der Waals surface area contributed by atoms with E-state index < -0.39 is 10.0 Å². The number of ether oxygens (including phenoxy) is 2. The van der Waals surface area contributed by atoms with Gasteiger partial charge in [0, 0.05) is 29.6 Å². The second kappa shape index (κ2) is 8.77. The van der Waals surface area contributed by atoms with E-state index in [9.17, 15) is 13.2 Å². The molecule has 0 saturated heterocycles. The molecule has 5 rings (SSSR count). The molecule has 0 radical (unpaired) electrons. The Morgan fingerprint density at radius 3 is 2.58 bits per heavy atom. The van der Waals surface area contributed by atoms with E-state index in [2.05, 4.69) is 10.3 Å². The summed E-state index contributed by atoms with van der Waals surface area (Å²) < 4.78 is 38.0. The molecule has 8 nitrogen and oxygen atoms in total. The monoisotopic (exact) mass is 485 g/mol. The van der Waals surface area contributed by atoms with Gasteiger partial charge >= 0.3 is 0 Å². The van der Waals surface area contributed by atoms with E-state index in [1.54, 1.807) is 7.05 Å². The fourth-order valence-corrected chi connectivity index (χ4v) is 6.23. The molecule has 172 valence electrons. The van der Waals surface area contributed by atoms with E-state index >= 15 is 0 Å². The Kier molecular flexibility index (Phi) is 5.81. The summed E-state index contributed by atoms with van der Waals surface area (Å²) in [7, 11) is -1.95. The third-order valence-corrected chi connectivity index (χ3v) is 8.71. The number of hydrogen-bond acceptors (Lipinski definition) is 7. The Morgan fingerprint density at radius 2 is 1.82 bits per heavy atom. The van der Waals surface area contributed by atoms with Crippen LogP contribution in [-0.2, 0) is 10.0 Å². The van der Waals surface area contributed by atoms with E-state index in [0.29, 0.717) is 27.9 Å². The highest BCUT2D eigenvalue weighted by Gasteiger charge is 2.30. The van der Waals surface area contributed by atoms with Gasteiger partial charge in [-0.1, -0.05) is 12.8 Å². The van der Waals surface area contributed by atoms with Crippen LogP contribution in [0.25, 0.3) is 11.3 Å². The van der Waals surface area contributed by atoms with Gasteiger partial charge in [0.1, 0.15) is 0 Å². The van der Waals surface area contributed by atoms with Crippen molar-refractivity contribution in [1.82, 2.24) is 9.29 Å². The number of thiazole rings is 1. The molecule has 33 heavy (non-hydrogen) atoms. The molecular weight excluding hydrogens is 462 g/mol. The first-order valence-corrected chi connectivity index (χ1v) is 13.0. The minimum Gasteiger partial charge on any atom is -0.454 e. The lowest BCUT2D eigenvalue weighted by atomic mass is 10.1. The van der Waals surface area contributed by atoms with Gasteiger partial charge in [0.2, 0.25) is 16.8 Å². The highest BCUT2D eigenvalue weighted by atomic mass is 32.2. The zero-order valence-corrected chi connectivity index (χ0v) is 19.6. The minimum absolute atomic E-state index is 0.0434. The lowest BCUT2D eigenvalue weighted by molar-refractivity contribution is 0.102. The van der Waals surface area contributed by atoms with Crippen molar-refractivity contribution >= 4 is 32.4 Å². The predicted octanol–water partition coefficient (Wildman–Crippen LogP) is 4.35. The molecule has 2 aromatic carbocycles. The van der Waals surface area contributed by atoms with Gasteiger partial charge in [0.25, 0.3) is 5.91 Å². The molecule has 1 fully saturated rings. The molecule has 1 N–H and O–H groups in total. The van der Waals surface area contributed by atoms with Crippen LogP contribution in [0.4, 0.5) is 5.13 Å². The molecule has 1 aromatic heterocycles. The largest absolute Gasteiger partial charge is 0.454 e. The molecule has 1 saturated carbocycles. The molecule has 2 aliphatic rings. The normalized spacial score (nSPS) is 15.8. The number of hydrogen-bond donors (Lipinski definition) is 1. The smallest absolute Gasteiger partial charge is 0.257 e. The number of nitrogens with one attached hydrogen (secondary N) is 1. The fraction of sp³-hybridized carbons (Fsp3) is 0.304. The summed E-state index contributed by atoms with van der Waals surface area (Å²) in [6.07, 6.45) is 3.88. The van der Waals surface area contributed by atoms with Crippen molar-refractivity contribution in [1.29, 1.82) is 0 Å². The summed E-state index contributed by atoms with van der Waals surface area (Å²) in [6, 6.07) is 11.6. The molecule has 1 amide bonds. The third-order valence-electron chi connectivity index (χ3n) is 6.03. The fourth-order valence-electron chi connectivity index (χ4n) is 4.10. The number of aromatic nitrogens is 1. The van der Waals surface area contributed by atoms with Gasteiger partial charge in [0.05, 0.1) is 10.6 Å². The molecule has 0 unspecified atom stereocenters. The second-order valence-electron chi connectivity index (χ2n) is 8.04. The van der Waals surface area contributed by atoms with E-state index in [-0.39, 0.29) is 23.6 Å². The van der Waals surface area contributed by atoms with Gasteiger partial charge < -0.3 is 9.47 Å². The molecule has 10 heteroatoms. The van der Waals surface area contributed by atoms with Crippen molar-refractivity contribution in [3.05, 3.63) is 53.4 Å². The molecule has 2 heterocycles. The Bertz CT molecular complexity index is 1280. The van der Waals surface area contributed by atoms with Crippen molar-refractivity contribution in [2.75, 3.05) is 19.2 Å². The third kappa shape index (κ3) is 4.33. The minimum atomic E-state index is -3.58. The van der Waals surface area contributed by atoms with Crippen molar-refractivity contribution in [2.24, 2.45) is 0 Å². The number of anilines is 1. The summed E-state index contributed by atoms with van der Waals surface area (Å²) in [6.45, 7) is 0.202. The summed E-state index contributed by atoms with van der Waals surface area (Å²) in [5.41, 5.74) is 1.93. The maximum absolute atomic E-state index is 12.9. The lowest BCUT2D eigenvalue weighted by Crippen LogP contribution is -2.35. The topological polar surface area (TPSA) is 97.8 Å².